The summed E-state index contributed by atoms with van der Waals surface area (Å²) in [5.74, 6) is 0.308. The maximum atomic E-state index is 12.7. The average Bonchev–Trinajstić information content (AvgIpc) is 2.67. The summed E-state index contributed by atoms with van der Waals surface area (Å²) in [4.78, 5) is 35.7. The Morgan fingerprint density at radius 2 is 1.71 bits per heavy atom. The van der Waals surface area contributed by atoms with E-state index in [1.54, 1.807) is 18.2 Å². The highest BCUT2D eigenvalue weighted by molar-refractivity contribution is 7.99. The van der Waals surface area contributed by atoms with Gasteiger partial charge in [0.2, 0.25) is 5.91 Å². The molecule has 2 aromatic rings. The zero-order chi connectivity index (χ0) is 20.3. The number of Topliss-reactive ketones (excluding diaryl/α,β-unsaturated/α-hetero) is 1. The van der Waals surface area contributed by atoms with Crippen LogP contribution in [0.15, 0.2) is 29.4 Å². The van der Waals surface area contributed by atoms with Crippen molar-refractivity contribution in [2.45, 2.75) is 31.8 Å². The molecule has 0 spiro atoms. The first kappa shape index (κ1) is 21.1. The Balaban J connectivity index is 1.52. The summed E-state index contributed by atoms with van der Waals surface area (Å²) in [6.45, 7) is 4.97. The van der Waals surface area contributed by atoms with Crippen molar-refractivity contribution < 1.29 is 9.59 Å². The molecule has 0 unspecified atom stereocenters. The van der Waals surface area contributed by atoms with Crippen molar-refractivity contribution in [1.82, 2.24) is 14.9 Å². The predicted molar refractivity (Wildman–Crippen MR) is 112 cm³/mol. The van der Waals surface area contributed by atoms with Crippen molar-refractivity contribution >= 4 is 46.7 Å². The van der Waals surface area contributed by atoms with Crippen molar-refractivity contribution in [2.24, 2.45) is 5.92 Å². The van der Waals surface area contributed by atoms with Crippen LogP contribution in [0.1, 0.15) is 34.6 Å². The van der Waals surface area contributed by atoms with Gasteiger partial charge >= 0.3 is 0 Å². The highest BCUT2D eigenvalue weighted by atomic mass is 35.5. The lowest BCUT2D eigenvalue weighted by atomic mass is 9.89. The number of carbonyl (C=O) groups is 2. The summed E-state index contributed by atoms with van der Waals surface area (Å²) in [5.41, 5.74) is 2.36. The molecular formula is C20H21Cl2N3O2S. The highest BCUT2D eigenvalue weighted by Crippen LogP contribution is 2.27. The number of nitrogens with zero attached hydrogens (tertiary/aromatic N) is 3. The number of carbonyl (C=O) groups excluding carboxylic acids is 2. The summed E-state index contributed by atoms with van der Waals surface area (Å²) < 4.78 is 0. The molecule has 28 heavy (non-hydrogen) atoms. The van der Waals surface area contributed by atoms with E-state index >= 15 is 0 Å². The van der Waals surface area contributed by atoms with Crippen LogP contribution in [0.3, 0.4) is 0 Å². The summed E-state index contributed by atoms with van der Waals surface area (Å²) in [6, 6.07) is 6.86. The van der Waals surface area contributed by atoms with Gasteiger partial charge in [0.25, 0.3) is 0 Å². The second-order valence-corrected chi connectivity index (χ2v) is 8.63. The normalized spacial score (nSPS) is 14.9. The first-order chi connectivity index (χ1) is 13.3. The molecule has 5 nitrogen and oxygen atoms in total. The third kappa shape index (κ3) is 5.25. The Bertz CT molecular complexity index is 879. The molecular weight excluding hydrogens is 417 g/mol. The van der Waals surface area contributed by atoms with E-state index in [1.165, 1.54) is 11.8 Å². The number of benzene rings is 1. The van der Waals surface area contributed by atoms with Gasteiger partial charge in [-0.2, -0.15) is 0 Å². The molecule has 3 rings (SSSR count). The van der Waals surface area contributed by atoms with E-state index in [1.807, 2.05) is 24.8 Å². The van der Waals surface area contributed by atoms with Crippen LogP contribution in [0.5, 0.6) is 0 Å². The number of thioether (sulfide) groups is 1. The number of hydrogen-bond acceptors (Lipinski definition) is 5. The molecule has 0 atom stereocenters. The summed E-state index contributed by atoms with van der Waals surface area (Å²) in [7, 11) is 0. The molecule has 1 aromatic heterocycles. The lowest BCUT2D eigenvalue weighted by molar-refractivity contribution is -0.129. The highest BCUT2D eigenvalue weighted by Gasteiger charge is 2.28. The van der Waals surface area contributed by atoms with Gasteiger partial charge < -0.3 is 4.90 Å². The minimum absolute atomic E-state index is 0.0493. The zero-order valence-corrected chi connectivity index (χ0v) is 18.1. The van der Waals surface area contributed by atoms with Gasteiger partial charge in [0.05, 0.1) is 15.8 Å². The Morgan fingerprint density at radius 1 is 1.07 bits per heavy atom. The molecule has 8 heteroatoms. The maximum absolute atomic E-state index is 12.7. The van der Waals surface area contributed by atoms with Crippen molar-refractivity contribution in [2.75, 3.05) is 18.8 Å². The third-order valence-electron chi connectivity index (χ3n) is 4.71. The fourth-order valence-electron chi connectivity index (χ4n) is 3.25. The van der Waals surface area contributed by atoms with Crippen molar-refractivity contribution in [3.8, 4) is 0 Å². The standard InChI is InChI=1S/C20H21Cl2N3O2S/c1-12-9-13(2)24-20(23-12)28-11-18(26)25-7-5-14(6-8-25)19(27)15-3-4-16(21)17(22)10-15/h3-4,9-10,14H,5-8,11H2,1-2H3. The molecule has 1 fully saturated rings. The van der Waals surface area contributed by atoms with Crippen molar-refractivity contribution in [3.63, 3.8) is 0 Å². The fraction of sp³-hybridized carbons (Fsp3) is 0.400. The Kier molecular flexibility index (Phi) is 6.96. The number of rotatable bonds is 5. The second-order valence-electron chi connectivity index (χ2n) is 6.87. The number of hydrogen-bond donors (Lipinski definition) is 0. The molecule has 2 heterocycles. The van der Waals surface area contributed by atoms with Crippen LogP contribution in [0.25, 0.3) is 0 Å². The monoisotopic (exact) mass is 437 g/mol. The van der Waals surface area contributed by atoms with E-state index in [9.17, 15) is 9.59 Å². The predicted octanol–water partition coefficient (Wildman–Crippen LogP) is 4.61. The molecule has 1 aliphatic heterocycles. The number of amides is 1. The van der Waals surface area contributed by atoms with Crippen LogP contribution in [-0.4, -0.2) is 45.4 Å². The minimum Gasteiger partial charge on any atom is -0.342 e. The number of aryl methyl sites for hydroxylation is 2. The van der Waals surface area contributed by atoms with E-state index in [-0.39, 0.29) is 17.6 Å². The summed E-state index contributed by atoms with van der Waals surface area (Å²) >= 11 is 13.3. The van der Waals surface area contributed by atoms with E-state index in [4.69, 9.17) is 23.2 Å². The Hall–Kier alpha value is -1.63. The van der Waals surface area contributed by atoms with Crippen LogP contribution >= 0.6 is 35.0 Å². The average molecular weight is 438 g/mol. The molecule has 1 amide bonds. The van der Waals surface area contributed by atoms with E-state index in [0.717, 1.165) is 11.4 Å². The van der Waals surface area contributed by atoms with Crippen LogP contribution in [-0.2, 0) is 4.79 Å². The van der Waals surface area contributed by atoms with Gasteiger partial charge in [-0.05, 0) is 51.0 Å². The number of piperidine rings is 1. The lowest BCUT2D eigenvalue weighted by Gasteiger charge is -2.31. The van der Waals surface area contributed by atoms with Gasteiger partial charge in [0, 0.05) is 36.0 Å². The molecule has 0 N–H and O–H groups in total. The number of likely N-dealkylation sites (tertiary alicyclic amines) is 1. The van der Waals surface area contributed by atoms with E-state index in [2.05, 4.69) is 9.97 Å². The van der Waals surface area contributed by atoms with Gasteiger partial charge in [-0.25, -0.2) is 9.97 Å². The van der Waals surface area contributed by atoms with E-state index in [0.29, 0.717) is 52.4 Å². The van der Waals surface area contributed by atoms with Crippen LogP contribution in [0, 0.1) is 19.8 Å². The number of aromatic nitrogens is 2. The molecule has 148 valence electrons. The third-order valence-corrected chi connectivity index (χ3v) is 6.28. The molecule has 0 radical (unpaired) electrons. The topological polar surface area (TPSA) is 63.2 Å². The molecule has 0 aliphatic carbocycles. The molecule has 1 aliphatic rings. The molecule has 0 saturated carbocycles. The number of halogens is 2. The van der Waals surface area contributed by atoms with Crippen molar-refractivity contribution in [1.29, 1.82) is 0 Å². The van der Waals surface area contributed by atoms with Gasteiger partial charge in [-0.3, -0.25) is 9.59 Å². The largest absolute Gasteiger partial charge is 0.342 e. The second kappa shape index (κ2) is 9.25. The van der Waals surface area contributed by atoms with Crippen LogP contribution in [0.2, 0.25) is 10.0 Å². The SMILES string of the molecule is Cc1cc(C)nc(SCC(=O)N2CCC(C(=O)c3ccc(Cl)c(Cl)c3)CC2)n1. The van der Waals surface area contributed by atoms with Gasteiger partial charge in [0.1, 0.15) is 0 Å². The Labute approximate surface area is 178 Å². The molecule has 1 saturated heterocycles. The summed E-state index contributed by atoms with van der Waals surface area (Å²) in [6.07, 6.45) is 1.30. The maximum Gasteiger partial charge on any atom is 0.233 e. The Morgan fingerprint density at radius 3 is 2.32 bits per heavy atom. The quantitative estimate of drug-likeness (QED) is 0.388. The van der Waals surface area contributed by atoms with Crippen LogP contribution in [0.4, 0.5) is 0 Å². The molecule has 0 bridgehead atoms. The first-order valence-electron chi connectivity index (χ1n) is 9.05. The first-order valence-corrected chi connectivity index (χ1v) is 10.8. The zero-order valence-electron chi connectivity index (χ0n) is 15.7. The van der Waals surface area contributed by atoms with Crippen LogP contribution < -0.4 is 0 Å². The lowest BCUT2D eigenvalue weighted by Crippen LogP contribution is -2.41. The number of ketones is 1. The van der Waals surface area contributed by atoms with Gasteiger partial charge in [-0.1, -0.05) is 35.0 Å². The molecule has 1 aromatic carbocycles. The van der Waals surface area contributed by atoms with Crippen molar-refractivity contribution in [3.05, 3.63) is 51.3 Å². The van der Waals surface area contributed by atoms with Gasteiger partial charge in [-0.15, -0.1) is 0 Å². The fourth-order valence-corrected chi connectivity index (χ4v) is 4.40. The van der Waals surface area contributed by atoms with E-state index < -0.39 is 0 Å². The minimum atomic E-state index is -0.100. The van der Waals surface area contributed by atoms with Gasteiger partial charge in [0.15, 0.2) is 10.9 Å². The smallest absolute Gasteiger partial charge is 0.233 e. The summed E-state index contributed by atoms with van der Waals surface area (Å²) in [5, 5.41) is 1.44.